The zero-order valence-electron chi connectivity index (χ0n) is 26.4. The van der Waals surface area contributed by atoms with Crippen molar-refractivity contribution in [2.45, 2.75) is 59.0 Å². The Kier molecular flexibility index (Phi) is 10.1. The molecule has 0 aliphatic heterocycles. The maximum Gasteiger partial charge on any atom is 0.342 e. The molecule has 0 spiro atoms. The molecule has 2 atom stereocenters. The number of aliphatic hydroxyl groups is 2. The first-order valence-corrected chi connectivity index (χ1v) is 14.7. The predicted molar refractivity (Wildman–Crippen MR) is 172 cm³/mol. The normalized spacial score (nSPS) is 13.0. The minimum atomic E-state index is -1.60. The fraction of sp³-hybridized carbons (Fsp3) is 0.364. The lowest BCUT2D eigenvalue weighted by molar-refractivity contribution is 0.0205. The number of aromatic hydroxyl groups is 2. The number of benzene rings is 3. The van der Waals surface area contributed by atoms with E-state index in [1.54, 1.807) is 0 Å². The summed E-state index contributed by atoms with van der Waals surface area (Å²) in [6.45, 7) is 7.15. The molecule has 47 heavy (non-hydrogen) atoms. The molecular weight excluding hydrogens is 614 g/mol. The molecule has 0 saturated heterocycles. The van der Waals surface area contributed by atoms with Gasteiger partial charge in [-0.2, -0.15) is 0 Å². The minimum absolute atomic E-state index is 0.0790. The van der Waals surface area contributed by atoms with E-state index >= 15 is 0 Å². The van der Waals surface area contributed by atoms with Gasteiger partial charge in [-0.15, -0.1) is 6.58 Å². The second-order valence-electron chi connectivity index (χ2n) is 12.3. The molecule has 0 fully saturated rings. The third-order valence-electron chi connectivity index (χ3n) is 7.45. The van der Waals surface area contributed by atoms with Gasteiger partial charge in [0.1, 0.15) is 35.3 Å². The maximum atomic E-state index is 13.2. The lowest BCUT2D eigenvalue weighted by atomic mass is 9.89. The molecule has 4 aromatic rings. The Morgan fingerprint density at radius 3 is 1.74 bits per heavy atom. The number of fused-ring (bicyclic) bond motifs is 2. The van der Waals surface area contributed by atoms with Crippen molar-refractivity contribution < 1.29 is 39.5 Å². The molecule has 4 rings (SSSR count). The first-order valence-electron chi connectivity index (χ1n) is 14.7. The van der Waals surface area contributed by atoms with E-state index in [1.165, 1.54) is 49.6 Å². The van der Waals surface area contributed by atoms with Crippen LogP contribution in [0.15, 0.2) is 63.4 Å². The van der Waals surface area contributed by atoms with Crippen LogP contribution in [-0.2, 0) is 29.1 Å². The van der Waals surface area contributed by atoms with Crippen molar-refractivity contribution in [1.82, 2.24) is 13.7 Å². The van der Waals surface area contributed by atoms with Gasteiger partial charge in [-0.1, -0.05) is 39.0 Å². The van der Waals surface area contributed by atoms with Crippen molar-refractivity contribution in [1.29, 1.82) is 0 Å². The van der Waals surface area contributed by atoms with Crippen LogP contribution < -0.4 is 17.1 Å². The van der Waals surface area contributed by atoms with Gasteiger partial charge in [0.05, 0.1) is 32.8 Å². The number of phenolic OH excluding ortho intramolecular Hbond substituents is 2. The fourth-order valence-corrected chi connectivity index (χ4v) is 5.42. The molecule has 1 aromatic heterocycles. The fourth-order valence-electron chi connectivity index (χ4n) is 5.42. The number of aliphatic hydroxyl groups excluding tert-OH is 2. The number of nitrogens with zero attached hydrogens (tertiary/aromatic N) is 3. The summed E-state index contributed by atoms with van der Waals surface area (Å²) >= 11 is 0. The van der Waals surface area contributed by atoms with E-state index in [0.29, 0.717) is 25.3 Å². The monoisotopic (exact) mass is 651 g/mol. The zero-order valence-corrected chi connectivity index (χ0v) is 26.4. The van der Waals surface area contributed by atoms with Crippen LogP contribution in [0, 0.1) is 5.41 Å². The summed E-state index contributed by atoms with van der Waals surface area (Å²) in [5.74, 6) is -2.55. The Morgan fingerprint density at radius 2 is 1.28 bits per heavy atom. The molecular formula is C33H37N3O11. The summed E-state index contributed by atoms with van der Waals surface area (Å²) in [5.41, 5.74) is -3.69. The van der Waals surface area contributed by atoms with E-state index in [2.05, 4.69) is 6.58 Å². The van der Waals surface area contributed by atoms with Gasteiger partial charge in [-0.3, -0.25) is 0 Å². The van der Waals surface area contributed by atoms with Crippen molar-refractivity contribution in [3.05, 3.63) is 91.6 Å². The molecule has 0 radical (unpaired) electrons. The zero-order chi connectivity index (χ0) is 34.8. The largest absolute Gasteiger partial charge is 0.507 e. The van der Waals surface area contributed by atoms with Crippen LogP contribution in [0.2, 0.25) is 0 Å². The first-order chi connectivity index (χ1) is 22.1. The maximum absolute atomic E-state index is 13.2. The number of hydrogen-bond donors (Lipinski definition) is 4. The molecule has 1 heterocycles. The van der Waals surface area contributed by atoms with Crippen molar-refractivity contribution in [3.8, 4) is 11.5 Å². The summed E-state index contributed by atoms with van der Waals surface area (Å²) in [4.78, 5) is 64.9. The number of carbonyl (C=O) groups is 2. The highest BCUT2D eigenvalue weighted by Crippen LogP contribution is 2.35. The third-order valence-corrected chi connectivity index (χ3v) is 7.45. The van der Waals surface area contributed by atoms with Gasteiger partial charge < -0.3 is 29.9 Å². The van der Waals surface area contributed by atoms with E-state index in [4.69, 9.17) is 9.47 Å². The molecule has 0 amide bonds. The van der Waals surface area contributed by atoms with E-state index in [9.17, 15) is 44.4 Å². The van der Waals surface area contributed by atoms with Gasteiger partial charge in [0.2, 0.25) is 0 Å². The topological polar surface area (TPSA) is 200 Å². The summed E-state index contributed by atoms with van der Waals surface area (Å²) in [7, 11) is 1.17. The second kappa shape index (κ2) is 13.6. The van der Waals surface area contributed by atoms with Crippen LogP contribution in [0.25, 0.3) is 21.5 Å². The number of esters is 2. The minimum Gasteiger partial charge on any atom is -0.507 e. The Labute approximate surface area is 268 Å². The van der Waals surface area contributed by atoms with Crippen LogP contribution in [-0.4, -0.2) is 72.0 Å². The first kappa shape index (κ1) is 34.7. The SMILES string of the molecule is C=CCn1c(=O)n(CC(O)COC(=O)c2c(O)ccc3cc4c(C(=O)OC)c(O)ccc4cc23)c(=O)n(CC(O)CC(C)(C)C)c1=O. The number of rotatable bonds is 11. The third kappa shape index (κ3) is 7.28. The number of methoxy groups -OCH3 is 1. The molecule has 14 nitrogen and oxygen atoms in total. The lowest BCUT2D eigenvalue weighted by Gasteiger charge is -2.23. The molecule has 250 valence electrons. The summed E-state index contributed by atoms with van der Waals surface area (Å²) in [5, 5.41) is 43.6. The Hall–Kier alpha value is -5.21. The highest BCUT2D eigenvalue weighted by molar-refractivity contribution is 6.15. The molecule has 0 aliphatic carbocycles. The van der Waals surface area contributed by atoms with Gasteiger partial charge >= 0.3 is 29.0 Å². The molecule has 0 saturated carbocycles. The number of ether oxygens (including phenoxy) is 2. The number of hydrogen-bond acceptors (Lipinski definition) is 11. The summed E-state index contributed by atoms with van der Waals surface area (Å²) in [6, 6.07) is 8.59. The van der Waals surface area contributed by atoms with Crippen LogP contribution in [0.3, 0.4) is 0 Å². The van der Waals surface area contributed by atoms with E-state index < -0.39 is 66.7 Å². The average Bonchev–Trinajstić information content (AvgIpc) is 3.00. The Morgan fingerprint density at radius 1 is 0.809 bits per heavy atom. The number of aromatic nitrogens is 3. The van der Waals surface area contributed by atoms with Crippen molar-refractivity contribution >= 4 is 33.5 Å². The average molecular weight is 652 g/mol. The highest BCUT2D eigenvalue weighted by Gasteiger charge is 2.24. The predicted octanol–water partition coefficient (Wildman–Crippen LogP) is 1.88. The van der Waals surface area contributed by atoms with Gasteiger partial charge in [-0.25, -0.2) is 37.7 Å². The van der Waals surface area contributed by atoms with E-state index in [-0.39, 0.29) is 40.6 Å². The molecule has 2 unspecified atom stereocenters. The second-order valence-corrected chi connectivity index (χ2v) is 12.3. The molecule has 4 N–H and O–H groups in total. The van der Waals surface area contributed by atoms with Gasteiger partial charge in [0.15, 0.2) is 0 Å². The van der Waals surface area contributed by atoms with Crippen LogP contribution in [0.5, 0.6) is 11.5 Å². The molecule has 3 aromatic carbocycles. The Bertz CT molecular complexity index is 2050. The van der Waals surface area contributed by atoms with E-state index in [0.717, 1.165) is 4.57 Å². The van der Waals surface area contributed by atoms with Crippen LogP contribution in [0.4, 0.5) is 0 Å². The Balaban J connectivity index is 1.63. The molecule has 14 heteroatoms. The molecule has 0 aliphatic rings. The lowest BCUT2D eigenvalue weighted by Crippen LogP contribution is -2.56. The highest BCUT2D eigenvalue weighted by atomic mass is 16.5. The van der Waals surface area contributed by atoms with Crippen molar-refractivity contribution in [2.24, 2.45) is 5.41 Å². The van der Waals surface area contributed by atoms with Crippen LogP contribution >= 0.6 is 0 Å². The number of allylic oxidation sites excluding steroid dienone is 1. The van der Waals surface area contributed by atoms with Crippen molar-refractivity contribution in [2.75, 3.05) is 13.7 Å². The van der Waals surface area contributed by atoms with Gasteiger partial charge in [0, 0.05) is 10.8 Å². The van der Waals surface area contributed by atoms with Crippen molar-refractivity contribution in [3.63, 3.8) is 0 Å². The standard InChI is InChI=1S/C33H37N3O11/c1-6-11-34-30(43)35(15-20(37)14-33(2,3)4)32(45)36(31(34)44)16-21(38)17-47-29(42)27-23-13-18-7-9-24(39)26(28(41)46-5)22(18)12-19(23)8-10-25(27)40/h6-10,12-13,20-21,37-40H,1,11,14-17H2,2-5H3. The summed E-state index contributed by atoms with van der Waals surface area (Å²) < 4.78 is 12.1. The van der Waals surface area contributed by atoms with Gasteiger partial charge in [-0.05, 0) is 46.9 Å². The van der Waals surface area contributed by atoms with E-state index in [1.807, 2.05) is 20.8 Å². The van der Waals surface area contributed by atoms with Gasteiger partial charge in [0.25, 0.3) is 0 Å². The van der Waals surface area contributed by atoms with Crippen LogP contribution in [0.1, 0.15) is 47.9 Å². The molecule has 0 bridgehead atoms. The number of phenols is 2. The quantitative estimate of drug-likeness (QED) is 0.105. The number of carbonyl (C=O) groups excluding carboxylic acids is 2. The smallest absolute Gasteiger partial charge is 0.342 e. The summed E-state index contributed by atoms with van der Waals surface area (Å²) in [6.07, 6.45) is -1.15.